The molecule has 28 heavy (non-hydrogen) atoms. The smallest absolute Gasteiger partial charge is 0.262 e. The summed E-state index contributed by atoms with van der Waals surface area (Å²) in [6.45, 7) is 1.72. The second-order valence-electron chi connectivity index (χ2n) is 6.00. The van der Waals surface area contributed by atoms with Crippen molar-refractivity contribution in [2.24, 2.45) is 0 Å². The molecule has 8 nitrogen and oxygen atoms in total. The van der Waals surface area contributed by atoms with Gasteiger partial charge in [-0.25, -0.2) is 18.6 Å². The summed E-state index contributed by atoms with van der Waals surface area (Å²) >= 11 is 0. The zero-order chi connectivity index (χ0) is 19.8. The number of terminal acetylenes is 1. The molecule has 0 atom stereocenters. The number of nitrogens with one attached hydrogen (secondary N) is 1. The summed E-state index contributed by atoms with van der Waals surface area (Å²) in [4.78, 5) is 16.9. The molecular weight excluding hydrogens is 361 g/mol. The van der Waals surface area contributed by atoms with Crippen LogP contribution in [0.3, 0.4) is 0 Å². The van der Waals surface area contributed by atoms with Crippen molar-refractivity contribution < 1.29 is 9.18 Å². The monoisotopic (exact) mass is 375 g/mol. The van der Waals surface area contributed by atoms with Gasteiger partial charge < -0.3 is 11.1 Å². The third-order valence-electron chi connectivity index (χ3n) is 4.06. The first-order chi connectivity index (χ1) is 13.5. The van der Waals surface area contributed by atoms with Gasteiger partial charge in [-0.15, -0.1) is 6.42 Å². The Morgan fingerprint density at radius 3 is 2.96 bits per heavy atom. The average Bonchev–Trinajstić information content (AvgIpc) is 3.24. The fourth-order valence-electron chi connectivity index (χ4n) is 2.83. The molecule has 0 aliphatic heterocycles. The lowest BCUT2D eigenvalue weighted by Gasteiger charge is -2.11. The van der Waals surface area contributed by atoms with E-state index in [0.717, 1.165) is 0 Å². The van der Waals surface area contributed by atoms with Gasteiger partial charge in [0.25, 0.3) is 5.91 Å². The Kier molecular flexibility index (Phi) is 4.01. The molecule has 0 spiro atoms. The van der Waals surface area contributed by atoms with E-state index >= 15 is 0 Å². The highest BCUT2D eigenvalue weighted by Crippen LogP contribution is 2.24. The molecule has 3 heterocycles. The van der Waals surface area contributed by atoms with E-state index in [-0.39, 0.29) is 22.9 Å². The number of benzene rings is 1. The van der Waals surface area contributed by atoms with Crippen molar-refractivity contribution >= 4 is 23.2 Å². The Hall–Kier alpha value is -4.19. The summed E-state index contributed by atoms with van der Waals surface area (Å²) in [5.41, 5.74) is 7.17. The Labute approximate surface area is 158 Å². The summed E-state index contributed by atoms with van der Waals surface area (Å²) < 4.78 is 17.2. The van der Waals surface area contributed by atoms with Gasteiger partial charge in [0.15, 0.2) is 5.65 Å². The number of aryl methyl sites for hydroxylation is 1. The maximum Gasteiger partial charge on any atom is 0.262 e. The van der Waals surface area contributed by atoms with Crippen molar-refractivity contribution in [2.75, 3.05) is 11.1 Å². The lowest BCUT2D eigenvalue weighted by molar-refractivity contribution is 0.102. The molecule has 0 saturated heterocycles. The minimum atomic E-state index is -0.556. The van der Waals surface area contributed by atoms with Gasteiger partial charge in [0.05, 0.1) is 17.5 Å². The van der Waals surface area contributed by atoms with Gasteiger partial charge in [0, 0.05) is 12.3 Å². The number of nitrogen functional groups attached to an aromatic ring is 1. The Morgan fingerprint density at radius 1 is 1.36 bits per heavy atom. The molecule has 9 heteroatoms. The van der Waals surface area contributed by atoms with Crippen LogP contribution in [-0.2, 0) is 0 Å². The minimum Gasteiger partial charge on any atom is -0.384 e. The number of nitrogens with zero attached hydrogens (tertiary/aromatic N) is 5. The Bertz CT molecular complexity index is 1270. The highest BCUT2D eigenvalue weighted by atomic mass is 19.1. The predicted octanol–water partition coefficient (Wildman–Crippen LogP) is 2.18. The van der Waals surface area contributed by atoms with Crippen molar-refractivity contribution in [1.29, 1.82) is 0 Å². The molecule has 1 amide bonds. The number of carbonyl (C=O) groups is 1. The number of halogens is 1. The van der Waals surface area contributed by atoms with Crippen LogP contribution in [0.4, 0.5) is 16.0 Å². The number of fused-ring (bicyclic) bond motifs is 1. The topological polar surface area (TPSA) is 103 Å². The van der Waals surface area contributed by atoms with E-state index in [0.29, 0.717) is 16.9 Å². The quantitative estimate of drug-likeness (QED) is 0.534. The first-order valence-corrected chi connectivity index (χ1v) is 8.21. The highest BCUT2D eigenvalue weighted by Gasteiger charge is 2.20. The van der Waals surface area contributed by atoms with E-state index in [2.05, 4.69) is 26.4 Å². The number of anilines is 2. The van der Waals surface area contributed by atoms with Crippen molar-refractivity contribution in [2.45, 2.75) is 6.92 Å². The van der Waals surface area contributed by atoms with Crippen molar-refractivity contribution in [3.05, 3.63) is 65.4 Å². The molecule has 3 N–H and O–H groups in total. The van der Waals surface area contributed by atoms with Gasteiger partial charge in [0.1, 0.15) is 28.7 Å². The molecule has 138 valence electrons. The molecule has 0 bridgehead atoms. The summed E-state index contributed by atoms with van der Waals surface area (Å²) in [5, 5.41) is 11.1. The molecule has 4 aromatic rings. The molecule has 3 aromatic heterocycles. The van der Waals surface area contributed by atoms with Gasteiger partial charge in [-0.05, 0) is 25.1 Å². The number of aromatic nitrogens is 5. The number of nitrogens with two attached hydrogens (primary N) is 1. The second-order valence-corrected chi connectivity index (χ2v) is 6.00. The zero-order valence-electron chi connectivity index (χ0n) is 14.7. The lowest BCUT2D eigenvalue weighted by atomic mass is 10.2. The fraction of sp³-hybridized carbons (Fsp3) is 0.0526. The van der Waals surface area contributed by atoms with Crippen LogP contribution in [-0.4, -0.2) is 30.3 Å². The maximum absolute atomic E-state index is 14.5. The third-order valence-corrected chi connectivity index (χ3v) is 4.06. The second kappa shape index (κ2) is 6.51. The molecule has 0 unspecified atom stereocenters. The lowest BCUT2D eigenvalue weighted by Crippen LogP contribution is -2.16. The fourth-order valence-corrected chi connectivity index (χ4v) is 2.83. The predicted molar refractivity (Wildman–Crippen MR) is 102 cm³/mol. The Morgan fingerprint density at radius 2 is 2.18 bits per heavy atom. The molecule has 0 aliphatic carbocycles. The summed E-state index contributed by atoms with van der Waals surface area (Å²) in [5.74, 6) is 1.90. The molecular formula is C19H14FN7O. The molecule has 0 fully saturated rings. The van der Waals surface area contributed by atoms with Crippen LogP contribution in [0.15, 0.2) is 42.7 Å². The van der Waals surface area contributed by atoms with Gasteiger partial charge in [-0.1, -0.05) is 12.0 Å². The largest absolute Gasteiger partial charge is 0.384 e. The van der Waals surface area contributed by atoms with E-state index in [1.165, 1.54) is 27.5 Å². The summed E-state index contributed by atoms with van der Waals surface area (Å²) in [7, 11) is 0. The minimum absolute atomic E-state index is 0.0793. The van der Waals surface area contributed by atoms with E-state index in [1.54, 1.807) is 31.3 Å². The van der Waals surface area contributed by atoms with Gasteiger partial charge in [-0.2, -0.15) is 10.2 Å². The number of rotatable bonds is 3. The van der Waals surface area contributed by atoms with Crippen molar-refractivity contribution in [1.82, 2.24) is 24.4 Å². The normalized spacial score (nSPS) is 10.8. The first kappa shape index (κ1) is 17.2. The van der Waals surface area contributed by atoms with Gasteiger partial charge in [0.2, 0.25) is 0 Å². The Balaban J connectivity index is 1.77. The highest BCUT2D eigenvalue weighted by molar-refractivity contribution is 6.08. The number of amides is 1. The summed E-state index contributed by atoms with van der Waals surface area (Å²) in [6, 6.07) is 7.56. The van der Waals surface area contributed by atoms with Crippen LogP contribution in [0.5, 0.6) is 0 Å². The number of para-hydroxylation sites is 1. The van der Waals surface area contributed by atoms with Crippen LogP contribution < -0.4 is 11.1 Å². The number of carbonyl (C=O) groups excluding carboxylic acids is 1. The molecule has 1 aromatic carbocycles. The van der Waals surface area contributed by atoms with Gasteiger partial charge >= 0.3 is 0 Å². The average molecular weight is 375 g/mol. The van der Waals surface area contributed by atoms with Crippen LogP contribution in [0.1, 0.15) is 21.6 Å². The molecule has 4 rings (SSSR count). The zero-order valence-corrected chi connectivity index (χ0v) is 14.7. The molecule has 0 radical (unpaired) electrons. The number of hydrogen-bond acceptors (Lipinski definition) is 5. The van der Waals surface area contributed by atoms with E-state index in [9.17, 15) is 9.18 Å². The third kappa shape index (κ3) is 2.83. The van der Waals surface area contributed by atoms with Crippen LogP contribution >= 0.6 is 0 Å². The van der Waals surface area contributed by atoms with Crippen molar-refractivity contribution in [3.63, 3.8) is 0 Å². The van der Waals surface area contributed by atoms with Crippen molar-refractivity contribution in [3.8, 4) is 18.0 Å². The SMILES string of the molecule is C#Cc1cccc(F)c1-n1nc(C)cc1NC(=O)c1cnn2ccc(N)nc12. The van der Waals surface area contributed by atoms with E-state index < -0.39 is 11.7 Å². The van der Waals surface area contributed by atoms with E-state index in [4.69, 9.17) is 12.2 Å². The first-order valence-electron chi connectivity index (χ1n) is 8.21. The standard InChI is InChI=1S/C19H14FN7O/c1-3-12-5-4-6-14(20)17(12)27-16(9-11(2)25-27)24-19(28)13-10-22-26-8-7-15(21)23-18(13)26/h1,4-10H,2H3,(H2,21,23)(H,24,28). The van der Waals surface area contributed by atoms with Gasteiger partial charge in [-0.3, -0.25) is 4.79 Å². The van der Waals surface area contributed by atoms with Crippen LogP contribution in [0.2, 0.25) is 0 Å². The summed E-state index contributed by atoms with van der Waals surface area (Å²) in [6.07, 6.45) is 8.47. The van der Waals surface area contributed by atoms with Crippen LogP contribution in [0, 0.1) is 25.1 Å². The molecule has 0 saturated carbocycles. The van der Waals surface area contributed by atoms with Crippen LogP contribution in [0.25, 0.3) is 11.3 Å². The number of hydrogen-bond donors (Lipinski definition) is 2. The maximum atomic E-state index is 14.5. The van der Waals surface area contributed by atoms with E-state index in [1.807, 2.05) is 0 Å². The molecule has 0 aliphatic rings.